The molecule has 0 aliphatic heterocycles. The molecule has 0 N–H and O–H groups in total. The van der Waals surface area contributed by atoms with E-state index in [1.165, 1.54) is 36.8 Å². The van der Waals surface area contributed by atoms with Crippen LogP contribution in [-0.4, -0.2) is 6.29 Å². The molecule has 1 heteroatoms. The van der Waals surface area contributed by atoms with Crippen molar-refractivity contribution in [2.24, 2.45) is 0 Å². The van der Waals surface area contributed by atoms with E-state index in [0.717, 1.165) is 11.9 Å². The van der Waals surface area contributed by atoms with Crippen LogP contribution >= 0.6 is 0 Å². The van der Waals surface area contributed by atoms with E-state index in [-0.39, 0.29) is 0 Å². The summed E-state index contributed by atoms with van der Waals surface area (Å²) >= 11 is 0. The smallest absolute Gasteiger partial charge is 0.143 e. The Bertz CT molecular complexity index is 417. The first-order valence-electron chi connectivity index (χ1n) is 7.56. The van der Waals surface area contributed by atoms with Crippen molar-refractivity contribution in [3.63, 3.8) is 0 Å². The number of hydrogen-bond donors (Lipinski definition) is 0. The minimum Gasteiger partial charge on any atom is -0.299 e. The lowest BCUT2D eigenvalue weighted by Gasteiger charge is -2.07. The lowest BCUT2D eigenvalue weighted by Crippen LogP contribution is -1.88. The van der Waals surface area contributed by atoms with Crippen molar-refractivity contribution in [2.75, 3.05) is 0 Å². The summed E-state index contributed by atoms with van der Waals surface area (Å²) in [6.07, 6.45) is 20.1. The van der Waals surface area contributed by atoms with Gasteiger partial charge in [-0.25, -0.2) is 0 Å². The second kappa shape index (κ2) is 12.4. The molecule has 1 nitrogen and oxygen atoms in total. The van der Waals surface area contributed by atoms with Crippen molar-refractivity contribution >= 4 is 6.29 Å². The molecule has 20 heavy (non-hydrogen) atoms. The molecule has 0 aromatic heterocycles. The summed E-state index contributed by atoms with van der Waals surface area (Å²) in [5, 5.41) is 0. The highest BCUT2D eigenvalue weighted by molar-refractivity contribution is 5.66. The first-order valence-corrected chi connectivity index (χ1v) is 7.56. The van der Waals surface area contributed by atoms with Crippen LogP contribution in [0.1, 0.15) is 53.4 Å². The minimum absolute atomic E-state index is 0.811. The van der Waals surface area contributed by atoms with Crippen molar-refractivity contribution in [1.82, 2.24) is 0 Å². The Morgan fingerprint density at radius 2 is 1.75 bits per heavy atom. The van der Waals surface area contributed by atoms with Crippen molar-refractivity contribution in [2.45, 2.75) is 53.4 Å². The Morgan fingerprint density at radius 3 is 2.35 bits per heavy atom. The van der Waals surface area contributed by atoms with Gasteiger partial charge in [-0.15, -0.1) is 0 Å². The van der Waals surface area contributed by atoms with Gasteiger partial charge in [-0.05, 0) is 51.2 Å². The highest BCUT2D eigenvalue weighted by Crippen LogP contribution is 2.18. The summed E-state index contributed by atoms with van der Waals surface area (Å²) in [5.41, 5.74) is 3.64. The fourth-order valence-electron chi connectivity index (χ4n) is 1.82. The van der Waals surface area contributed by atoms with Crippen molar-refractivity contribution in [3.8, 4) is 0 Å². The monoisotopic (exact) mass is 272 g/mol. The molecule has 1 aliphatic carbocycles. The zero-order chi connectivity index (χ0) is 15.2. The van der Waals surface area contributed by atoms with E-state index in [4.69, 9.17) is 0 Å². The largest absolute Gasteiger partial charge is 0.299 e. The Kier molecular flexibility index (Phi) is 11.4. The molecule has 0 fully saturated rings. The SMILES string of the molecule is CC.CC(=C/C=O)/C=C/C=C(C)/C=C/C1=CCCCC1. The number of aldehydes is 1. The first-order chi connectivity index (χ1) is 9.72. The van der Waals surface area contributed by atoms with E-state index in [0.29, 0.717) is 0 Å². The molecule has 0 amide bonds. The molecule has 1 rings (SSSR count). The lowest BCUT2D eigenvalue weighted by atomic mass is 9.99. The summed E-state index contributed by atoms with van der Waals surface area (Å²) < 4.78 is 0. The minimum atomic E-state index is 0.811. The van der Waals surface area contributed by atoms with E-state index in [9.17, 15) is 4.79 Å². The number of allylic oxidation sites excluding steroid dienone is 10. The molecule has 0 saturated heterocycles. The van der Waals surface area contributed by atoms with Crippen LogP contribution in [0.15, 0.2) is 59.3 Å². The Balaban J connectivity index is 0.00000172. The molecule has 0 radical (unpaired) electrons. The third-order valence-corrected chi connectivity index (χ3v) is 2.94. The van der Waals surface area contributed by atoms with Gasteiger partial charge < -0.3 is 0 Å². The van der Waals surface area contributed by atoms with Gasteiger partial charge in [-0.1, -0.05) is 61.4 Å². The fourth-order valence-corrected chi connectivity index (χ4v) is 1.82. The maximum absolute atomic E-state index is 10.2. The number of hydrogen-bond acceptors (Lipinski definition) is 1. The molecule has 0 atom stereocenters. The van der Waals surface area contributed by atoms with E-state index < -0.39 is 0 Å². The second-order valence-electron chi connectivity index (χ2n) is 4.67. The molecule has 0 spiro atoms. The average Bonchev–Trinajstić information content (AvgIpc) is 2.48. The lowest BCUT2D eigenvalue weighted by molar-refractivity contribution is -0.104. The molecule has 0 aromatic carbocycles. The summed E-state index contributed by atoms with van der Waals surface area (Å²) in [5.74, 6) is 0. The van der Waals surface area contributed by atoms with Gasteiger partial charge in [-0.2, -0.15) is 0 Å². The maximum Gasteiger partial charge on any atom is 0.143 e. The highest BCUT2D eigenvalue weighted by atomic mass is 16.1. The molecular formula is C19H28O. The van der Waals surface area contributed by atoms with E-state index in [1.807, 2.05) is 32.9 Å². The third kappa shape index (κ3) is 9.32. The molecule has 0 unspecified atom stereocenters. The van der Waals surface area contributed by atoms with E-state index in [2.05, 4.69) is 31.2 Å². The van der Waals surface area contributed by atoms with E-state index in [1.54, 1.807) is 6.08 Å². The molecule has 110 valence electrons. The number of rotatable bonds is 5. The highest BCUT2D eigenvalue weighted by Gasteiger charge is 1.98. The van der Waals surface area contributed by atoms with Crippen LogP contribution in [0.3, 0.4) is 0 Å². The Labute approximate surface area is 124 Å². The molecule has 1 aliphatic rings. The number of carbonyl (C=O) groups is 1. The average molecular weight is 272 g/mol. The van der Waals surface area contributed by atoms with Crippen LogP contribution in [0.5, 0.6) is 0 Å². The second-order valence-corrected chi connectivity index (χ2v) is 4.67. The van der Waals surface area contributed by atoms with Gasteiger partial charge in [0.2, 0.25) is 0 Å². The zero-order valence-corrected chi connectivity index (χ0v) is 13.4. The molecular weight excluding hydrogens is 244 g/mol. The Hall–Kier alpha value is -1.63. The fraction of sp³-hybridized carbons (Fsp3) is 0.421. The quantitative estimate of drug-likeness (QED) is 0.355. The van der Waals surface area contributed by atoms with Gasteiger partial charge in [0.1, 0.15) is 6.29 Å². The summed E-state index contributed by atoms with van der Waals surface area (Å²) in [6.45, 7) is 8.00. The summed E-state index contributed by atoms with van der Waals surface area (Å²) in [4.78, 5) is 10.2. The number of carbonyl (C=O) groups excluding carboxylic acids is 1. The molecule has 0 aromatic rings. The van der Waals surface area contributed by atoms with Crippen molar-refractivity contribution < 1.29 is 4.79 Å². The standard InChI is InChI=1S/C17H22O.C2H6/c1-15(7-6-8-16(2)13-14-18)11-12-17-9-4-3-5-10-17;1-2/h6-9,11-14H,3-5,10H2,1-2H3;1-2H3/b8-6+,12-11+,15-7+,16-13-;. The van der Waals surface area contributed by atoms with Crippen LogP contribution in [0, 0.1) is 0 Å². The van der Waals surface area contributed by atoms with Gasteiger partial charge in [0.25, 0.3) is 0 Å². The first kappa shape index (κ1) is 18.4. The molecule has 0 bridgehead atoms. The van der Waals surface area contributed by atoms with Crippen LogP contribution < -0.4 is 0 Å². The third-order valence-electron chi connectivity index (χ3n) is 2.94. The van der Waals surface area contributed by atoms with Gasteiger partial charge in [0.05, 0.1) is 0 Å². The molecule has 0 saturated carbocycles. The van der Waals surface area contributed by atoms with Crippen LogP contribution in [0.4, 0.5) is 0 Å². The van der Waals surface area contributed by atoms with Gasteiger partial charge in [-0.3, -0.25) is 4.79 Å². The van der Waals surface area contributed by atoms with Crippen LogP contribution in [0.2, 0.25) is 0 Å². The maximum atomic E-state index is 10.2. The van der Waals surface area contributed by atoms with Crippen molar-refractivity contribution in [1.29, 1.82) is 0 Å². The topological polar surface area (TPSA) is 17.1 Å². The van der Waals surface area contributed by atoms with Crippen LogP contribution in [0.25, 0.3) is 0 Å². The van der Waals surface area contributed by atoms with Crippen molar-refractivity contribution in [3.05, 3.63) is 59.3 Å². The molecule has 0 heterocycles. The predicted octanol–water partition coefficient (Wildman–Crippen LogP) is 5.72. The van der Waals surface area contributed by atoms with Gasteiger partial charge in [0.15, 0.2) is 0 Å². The van der Waals surface area contributed by atoms with Crippen LogP contribution in [-0.2, 0) is 4.79 Å². The van der Waals surface area contributed by atoms with E-state index >= 15 is 0 Å². The van der Waals surface area contributed by atoms with Gasteiger partial charge in [0, 0.05) is 0 Å². The van der Waals surface area contributed by atoms with Gasteiger partial charge >= 0.3 is 0 Å². The summed E-state index contributed by atoms with van der Waals surface area (Å²) in [7, 11) is 0. The Morgan fingerprint density at radius 1 is 1.05 bits per heavy atom. The predicted molar refractivity (Wildman–Crippen MR) is 89.8 cm³/mol. The normalized spacial score (nSPS) is 16.9. The summed E-state index contributed by atoms with van der Waals surface area (Å²) in [6, 6.07) is 0. The zero-order valence-electron chi connectivity index (χ0n) is 13.4.